The van der Waals surface area contributed by atoms with E-state index in [1.165, 1.54) is 43.6 Å². The van der Waals surface area contributed by atoms with Crippen LogP contribution in [0.25, 0.3) is 143 Å². The second-order valence-corrected chi connectivity index (χ2v) is 17.3. The molecule has 69 heavy (non-hydrogen) atoms. The molecule has 0 saturated carbocycles. The van der Waals surface area contributed by atoms with E-state index < -0.39 is 0 Å². The zero-order valence-electron chi connectivity index (χ0n) is 38.7. The molecule has 330 valence electrons. The molecule has 0 bridgehead atoms. The number of benzene rings is 10. The Morgan fingerprint density at radius 3 is 0.739 bits per heavy atom. The van der Waals surface area contributed by atoms with Gasteiger partial charge in [0.05, 0.1) is 22.1 Å². The van der Waals surface area contributed by atoms with Crippen LogP contribution >= 0.6 is 0 Å². The Kier molecular flexibility index (Phi) is 9.34. The molecule has 5 heterocycles. The fourth-order valence-corrected chi connectivity index (χ4v) is 10.7. The molecule has 0 aliphatic carbocycles. The lowest BCUT2D eigenvalue weighted by molar-refractivity contribution is 0.668. The number of hydrogen-bond donors (Lipinski definition) is 0. The number of aromatic nitrogens is 2. The molecule has 0 spiro atoms. The van der Waals surface area contributed by atoms with Gasteiger partial charge >= 0.3 is 0 Å². The highest BCUT2D eigenvalue weighted by Crippen LogP contribution is 2.41. The lowest BCUT2D eigenvalue weighted by Gasteiger charge is -2.08. The van der Waals surface area contributed by atoms with Crippen molar-refractivity contribution in [2.75, 3.05) is 0 Å². The average Bonchev–Trinajstić information content (AvgIpc) is 4.23. The van der Waals surface area contributed by atoms with Crippen LogP contribution < -0.4 is 0 Å². The van der Waals surface area contributed by atoms with Crippen molar-refractivity contribution in [1.82, 2.24) is 9.13 Å². The van der Waals surface area contributed by atoms with Crippen LogP contribution in [0, 0.1) is 0 Å². The van der Waals surface area contributed by atoms with E-state index in [1.54, 1.807) is 0 Å². The molecule has 5 aromatic heterocycles. The third kappa shape index (κ3) is 6.17. The van der Waals surface area contributed by atoms with Crippen LogP contribution in [0.15, 0.2) is 220 Å². The molecule has 0 unspecified atom stereocenters. The van der Waals surface area contributed by atoms with Crippen molar-refractivity contribution in [2.45, 2.75) is 27.7 Å². The maximum Gasteiger partial charge on any atom is 0.135 e. The molecule has 0 aliphatic heterocycles. The zero-order chi connectivity index (χ0) is 46.3. The highest BCUT2D eigenvalue weighted by atomic mass is 16.3. The topological polar surface area (TPSA) is 49.3 Å². The van der Waals surface area contributed by atoms with E-state index in [9.17, 15) is 0 Å². The summed E-state index contributed by atoms with van der Waals surface area (Å²) in [7, 11) is 0. The van der Waals surface area contributed by atoms with Gasteiger partial charge in [-0.2, -0.15) is 0 Å². The first-order valence-corrected chi connectivity index (χ1v) is 24.1. The number of para-hydroxylation sites is 4. The van der Waals surface area contributed by atoms with E-state index in [1.807, 2.05) is 27.7 Å². The Morgan fingerprint density at radius 2 is 0.464 bits per heavy atom. The average molecular weight is 891 g/mol. The van der Waals surface area contributed by atoms with Gasteiger partial charge in [-0.25, -0.2) is 0 Å². The molecular weight excluding hydrogens is 845 g/mol. The quantitative estimate of drug-likeness (QED) is 0.177. The highest BCUT2D eigenvalue weighted by molar-refractivity contribution is 6.14. The SMILES string of the molecule is CC.CC.c1ccc2c(c1)c1ccccc1n2-c1ccc2oc3ccc(-c4ccc5oc6ccc(-c7ccc8oc9ccc(-n%10c%11ccccc%11c%11ccccc%11%10)cc9c8c7)cc6c5c4)cc3c2c1. The van der Waals surface area contributed by atoms with Gasteiger partial charge in [0.2, 0.25) is 0 Å². The summed E-state index contributed by atoms with van der Waals surface area (Å²) in [5.74, 6) is 0. The summed E-state index contributed by atoms with van der Waals surface area (Å²) in [5.41, 5.74) is 16.6. The van der Waals surface area contributed by atoms with Crippen LogP contribution in [0.2, 0.25) is 0 Å². The summed E-state index contributed by atoms with van der Waals surface area (Å²) in [6.07, 6.45) is 0. The van der Waals surface area contributed by atoms with Crippen molar-refractivity contribution >= 4 is 109 Å². The summed E-state index contributed by atoms with van der Waals surface area (Å²) < 4.78 is 24.0. The van der Waals surface area contributed by atoms with Gasteiger partial charge in [-0.3, -0.25) is 0 Å². The van der Waals surface area contributed by atoms with Crippen LogP contribution in [0.3, 0.4) is 0 Å². The molecule has 0 aliphatic rings. The Labute approximate surface area is 397 Å². The van der Waals surface area contributed by atoms with Gasteiger partial charge < -0.3 is 22.4 Å². The first kappa shape index (κ1) is 40.5. The van der Waals surface area contributed by atoms with E-state index in [0.717, 1.165) is 99.4 Å². The minimum atomic E-state index is 0.862. The largest absolute Gasteiger partial charge is 0.456 e. The number of fused-ring (bicyclic) bond motifs is 15. The van der Waals surface area contributed by atoms with Gasteiger partial charge in [-0.1, -0.05) is 125 Å². The first-order valence-electron chi connectivity index (χ1n) is 24.1. The molecule has 0 N–H and O–H groups in total. The smallest absolute Gasteiger partial charge is 0.135 e. The standard InChI is InChI=1S/C60H34N2O3.2C2H6/c1-5-13-51-41(9-1)42-10-2-6-14-52(42)61(51)39-21-27-59-49(33-39)47-31-37(19-25-57(47)64-59)35-17-23-55-45(29-35)46-30-36(18-24-56(46)63-55)38-20-26-58-48(32-38)50-34-40(22-28-60(50)65-58)62-53-15-7-3-11-43(53)44-12-4-8-16-54(44)62;2*1-2/h1-34H;2*1-2H3. The fourth-order valence-electron chi connectivity index (χ4n) is 10.7. The lowest BCUT2D eigenvalue weighted by Crippen LogP contribution is -1.93. The fraction of sp³-hybridized carbons (Fsp3) is 0.0625. The van der Waals surface area contributed by atoms with E-state index in [0.29, 0.717) is 0 Å². The zero-order valence-corrected chi connectivity index (χ0v) is 38.7. The van der Waals surface area contributed by atoms with Gasteiger partial charge in [0.25, 0.3) is 0 Å². The van der Waals surface area contributed by atoms with Gasteiger partial charge in [-0.15, -0.1) is 0 Å². The summed E-state index contributed by atoms with van der Waals surface area (Å²) in [5, 5.41) is 11.5. The maximum absolute atomic E-state index is 6.45. The Morgan fingerprint density at radius 1 is 0.232 bits per heavy atom. The van der Waals surface area contributed by atoms with Crippen molar-refractivity contribution < 1.29 is 13.3 Å². The Bertz CT molecular complexity index is 4100. The normalized spacial score (nSPS) is 11.8. The van der Waals surface area contributed by atoms with Crippen LogP contribution in [-0.4, -0.2) is 9.13 Å². The third-order valence-corrected chi connectivity index (χ3v) is 13.7. The molecule has 0 amide bonds. The predicted octanol–water partition coefficient (Wildman–Crippen LogP) is 19.0. The Hall–Kier alpha value is -8.80. The molecule has 15 aromatic rings. The van der Waals surface area contributed by atoms with Crippen LogP contribution in [0.1, 0.15) is 27.7 Å². The second-order valence-electron chi connectivity index (χ2n) is 17.3. The predicted molar refractivity (Wildman–Crippen MR) is 291 cm³/mol. The van der Waals surface area contributed by atoms with Crippen molar-refractivity contribution in [2.24, 2.45) is 0 Å². The molecule has 0 fully saturated rings. The van der Waals surface area contributed by atoms with E-state index in [-0.39, 0.29) is 0 Å². The number of hydrogen-bond acceptors (Lipinski definition) is 3. The number of nitrogens with zero attached hydrogens (tertiary/aromatic N) is 2. The minimum absolute atomic E-state index is 0.862. The number of furan rings is 3. The molecule has 5 nitrogen and oxygen atoms in total. The van der Waals surface area contributed by atoms with Crippen molar-refractivity contribution in [3.63, 3.8) is 0 Å². The lowest BCUT2D eigenvalue weighted by atomic mass is 9.98. The minimum Gasteiger partial charge on any atom is -0.456 e. The van der Waals surface area contributed by atoms with Crippen molar-refractivity contribution in [3.8, 4) is 33.6 Å². The summed E-state index contributed by atoms with van der Waals surface area (Å²) in [6.45, 7) is 8.00. The molecule has 0 saturated heterocycles. The van der Waals surface area contributed by atoms with Gasteiger partial charge in [0.1, 0.15) is 33.5 Å². The molecular formula is C64H46N2O3. The molecule has 10 aromatic carbocycles. The first-order chi connectivity index (χ1) is 34.2. The van der Waals surface area contributed by atoms with Crippen LogP contribution in [0.4, 0.5) is 0 Å². The molecule has 15 rings (SSSR count). The van der Waals surface area contributed by atoms with Crippen LogP contribution in [-0.2, 0) is 0 Å². The van der Waals surface area contributed by atoms with Crippen LogP contribution in [0.5, 0.6) is 0 Å². The van der Waals surface area contributed by atoms with Crippen molar-refractivity contribution in [1.29, 1.82) is 0 Å². The van der Waals surface area contributed by atoms with Gasteiger partial charge in [0, 0.05) is 65.2 Å². The van der Waals surface area contributed by atoms with E-state index >= 15 is 0 Å². The monoisotopic (exact) mass is 890 g/mol. The molecule has 0 radical (unpaired) electrons. The number of rotatable bonds is 4. The maximum atomic E-state index is 6.45. The third-order valence-electron chi connectivity index (χ3n) is 13.7. The Balaban J connectivity index is 0.00000114. The van der Waals surface area contributed by atoms with Gasteiger partial charge in [0.15, 0.2) is 0 Å². The summed E-state index contributed by atoms with van der Waals surface area (Å²) >= 11 is 0. The molecule has 0 atom stereocenters. The van der Waals surface area contributed by atoms with E-state index in [4.69, 9.17) is 13.3 Å². The van der Waals surface area contributed by atoms with E-state index in [2.05, 4.69) is 215 Å². The highest BCUT2D eigenvalue weighted by Gasteiger charge is 2.18. The molecule has 5 heteroatoms. The second kappa shape index (κ2) is 15.9. The summed E-state index contributed by atoms with van der Waals surface area (Å²) in [6, 6.07) is 73.7. The van der Waals surface area contributed by atoms with Crippen molar-refractivity contribution in [3.05, 3.63) is 206 Å². The van der Waals surface area contributed by atoms with Gasteiger partial charge in [-0.05, 0) is 131 Å². The summed E-state index contributed by atoms with van der Waals surface area (Å²) in [4.78, 5) is 0.